The second-order valence-corrected chi connectivity index (χ2v) is 4.31. The van der Waals surface area contributed by atoms with E-state index in [9.17, 15) is 9.59 Å². The van der Waals surface area contributed by atoms with Gasteiger partial charge in [-0.1, -0.05) is 12.1 Å². The van der Waals surface area contributed by atoms with Crippen LogP contribution >= 0.6 is 0 Å². The molecule has 20 heavy (non-hydrogen) atoms. The number of methoxy groups -OCH3 is 1. The van der Waals surface area contributed by atoms with Gasteiger partial charge in [-0.2, -0.15) is 0 Å². The molecule has 0 spiro atoms. The van der Waals surface area contributed by atoms with Crippen molar-refractivity contribution in [2.45, 2.75) is 6.61 Å². The predicted molar refractivity (Wildman–Crippen MR) is 74.3 cm³/mol. The number of benzene rings is 1. The lowest BCUT2D eigenvalue weighted by atomic mass is 10.3. The van der Waals surface area contributed by atoms with Crippen LogP contribution in [0.1, 0.15) is 5.69 Å². The molecular formula is C14H16N2O4. The van der Waals surface area contributed by atoms with Crippen LogP contribution in [-0.2, 0) is 20.7 Å². The molecule has 6 nitrogen and oxygen atoms in total. The molecule has 0 aliphatic carbocycles. The third-order valence-corrected chi connectivity index (χ3v) is 3.07. The number of hydrogen-bond donors (Lipinski definition) is 0. The van der Waals surface area contributed by atoms with Crippen LogP contribution in [0, 0.1) is 0 Å². The normalized spacial score (nSPS) is 10.3. The molecule has 0 aliphatic rings. The molecule has 1 heterocycles. The quantitative estimate of drug-likeness (QED) is 0.823. The van der Waals surface area contributed by atoms with Crippen molar-refractivity contribution in [1.29, 1.82) is 0 Å². The number of hydrogen-bond acceptors (Lipinski definition) is 4. The van der Waals surface area contributed by atoms with E-state index in [0.717, 1.165) is 4.57 Å². The van der Waals surface area contributed by atoms with Crippen molar-refractivity contribution in [3.63, 3.8) is 0 Å². The first-order valence-corrected chi connectivity index (χ1v) is 6.06. The van der Waals surface area contributed by atoms with Crippen LogP contribution in [0.4, 0.5) is 0 Å². The Labute approximate surface area is 115 Å². The van der Waals surface area contributed by atoms with E-state index in [4.69, 9.17) is 9.47 Å². The lowest BCUT2D eigenvalue weighted by molar-refractivity contribution is 0.274. The first kappa shape index (κ1) is 13.9. The van der Waals surface area contributed by atoms with Gasteiger partial charge in [0.2, 0.25) is 0 Å². The van der Waals surface area contributed by atoms with E-state index in [2.05, 4.69) is 0 Å². The van der Waals surface area contributed by atoms with Crippen molar-refractivity contribution in [2.75, 3.05) is 7.11 Å². The van der Waals surface area contributed by atoms with E-state index < -0.39 is 0 Å². The maximum atomic E-state index is 11.8. The molecule has 0 fully saturated rings. The van der Waals surface area contributed by atoms with Gasteiger partial charge in [-0.05, 0) is 12.1 Å². The molecule has 0 saturated carbocycles. The summed E-state index contributed by atoms with van der Waals surface area (Å²) in [5.74, 6) is 1.16. The maximum absolute atomic E-state index is 11.8. The Morgan fingerprint density at radius 2 is 1.70 bits per heavy atom. The number of aromatic nitrogens is 2. The van der Waals surface area contributed by atoms with Crippen LogP contribution in [-0.4, -0.2) is 16.2 Å². The number of rotatable bonds is 4. The summed E-state index contributed by atoms with van der Waals surface area (Å²) in [4.78, 5) is 23.4. The van der Waals surface area contributed by atoms with Gasteiger partial charge in [0.25, 0.3) is 5.56 Å². The maximum Gasteiger partial charge on any atom is 0.330 e. The Morgan fingerprint density at radius 1 is 1.05 bits per heavy atom. The fraction of sp³-hybridized carbons (Fsp3) is 0.286. The van der Waals surface area contributed by atoms with Crippen LogP contribution in [0.25, 0.3) is 0 Å². The number of ether oxygens (including phenoxy) is 2. The Morgan fingerprint density at radius 3 is 2.35 bits per heavy atom. The zero-order chi connectivity index (χ0) is 14.7. The Hall–Kier alpha value is -2.50. The van der Waals surface area contributed by atoms with Gasteiger partial charge in [-0.15, -0.1) is 0 Å². The van der Waals surface area contributed by atoms with Crippen molar-refractivity contribution in [1.82, 2.24) is 9.13 Å². The molecule has 0 unspecified atom stereocenters. The number of nitrogens with zero attached hydrogens (tertiary/aromatic N) is 2. The molecule has 2 aromatic rings. The molecule has 0 amide bonds. The minimum atomic E-state index is -0.379. The first-order valence-electron chi connectivity index (χ1n) is 6.06. The minimum Gasteiger partial charge on any atom is -0.493 e. The van der Waals surface area contributed by atoms with Crippen molar-refractivity contribution in [3.8, 4) is 11.5 Å². The average molecular weight is 276 g/mol. The van der Waals surface area contributed by atoms with E-state index in [-0.39, 0.29) is 17.9 Å². The lowest BCUT2D eigenvalue weighted by Crippen LogP contribution is -2.38. The molecule has 2 rings (SSSR count). The molecule has 1 aromatic carbocycles. The van der Waals surface area contributed by atoms with Crippen LogP contribution in [0.15, 0.2) is 39.9 Å². The van der Waals surface area contributed by atoms with Gasteiger partial charge in [0.05, 0.1) is 12.8 Å². The minimum absolute atomic E-state index is 0.113. The van der Waals surface area contributed by atoms with Crippen LogP contribution in [0.5, 0.6) is 11.5 Å². The van der Waals surface area contributed by atoms with Gasteiger partial charge in [-0.3, -0.25) is 13.9 Å². The lowest BCUT2D eigenvalue weighted by Gasteiger charge is -2.12. The highest BCUT2D eigenvalue weighted by Gasteiger charge is 2.08. The van der Waals surface area contributed by atoms with Crippen molar-refractivity contribution in [3.05, 3.63) is 56.9 Å². The smallest absolute Gasteiger partial charge is 0.330 e. The molecule has 0 saturated heterocycles. The number of para-hydroxylation sites is 2. The highest BCUT2D eigenvalue weighted by atomic mass is 16.5. The van der Waals surface area contributed by atoms with Crippen LogP contribution in [0.3, 0.4) is 0 Å². The summed E-state index contributed by atoms with van der Waals surface area (Å²) in [5.41, 5.74) is -0.230. The van der Waals surface area contributed by atoms with Gasteiger partial charge in [0.1, 0.15) is 6.61 Å². The second kappa shape index (κ2) is 5.64. The molecule has 6 heteroatoms. The highest BCUT2D eigenvalue weighted by molar-refractivity contribution is 5.39. The molecule has 0 radical (unpaired) electrons. The zero-order valence-electron chi connectivity index (χ0n) is 11.6. The van der Waals surface area contributed by atoms with Gasteiger partial charge in [0, 0.05) is 20.2 Å². The van der Waals surface area contributed by atoms with Crippen molar-refractivity contribution in [2.24, 2.45) is 14.1 Å². The Balaban J connectivity index is 2.28. The molecule has 106 valence electrons. The monoisotopic (exact) mass is 276 g/mol. The first-order chi connectivity index (χ1) is 9.54. The average Bonchev–Trinajstić information content (AvgIpc) is 2.47. The summed E-state index contributed by atoms with van der Waals surface area (Å²) in [6.45, 7) is 0.113. The molecule has 0 atom stereocenters. The Bertz CT molecular complexity index is 731. The van der Waals surface area contributed by atoms with Gasteiger partial charge >= 0.3 is 5.69 Å². The molecular weight excluding hydrogens is 260 g/mol. The summed E-state index contributed by atoms with van der Waals surface area (Å²) in [5, 5.41) is 0. The van der Waals surface area contributed by atoms with E-state index in [1.54, 1.807) is 26.3 Å². The topological polar surface area (TPSA) is 62.5 Å². The predicted octanol–water partition coefficient (Wildman–Crippen LogP) is 0.672. The van der Waals surface area contributed by atoms with Crippen molar-refractivity contribution >= 4 is 0 Å². The fourth-order valence-corrected chi connectivity index (χ4v) is 1.81. The summed E-state index contributed by atoms with van der Waals surface area (Å²) in [6.07, 6.45) is 0. The zero-order valence-corrected chi connectivity index (χ0v) is 11.6. The summed E-state index contributed by atoms with van der Waals surface area (Å²) >= 11 is 0. The van der Waals surface area contributed by atoms with Gasteiger partial charge < -0.3 is 9.47 Å². The molecule has 0 N–H and O–H groups in total. The fourth-order valence-electron chi connectivity index (χ4n) is 1.81. The van der Waals surface area contributed by atoms with Crippen LogP contribution in [0.2, 0.25) is 0 Å². The van der Waals surface area contributed by atoms with E-state index >= 15 is 0 Å². The standard InChI is InChI=1S/C14H16N2O4/c1-15-10(8-13(17)16(2)14(15)18)9-20-12-7-5-4-6-11(12)19-3/h4-8H,9H2,1-3H3. The van der Waals surface area contributed by atoms with Gasteiger partial charge in [-0.25, -0.2) is 4.79 Å². The second-order valence-electron chi connectivity index (χ2n) is 4.31. The molecule has 1 aromatic heterocycles. The van der Waals surface area contributed by atoms with E-state index in [0.29, 0.717) is 17.2 Å². The molecule has 0 bridgehead atoms. The summed E-state index contributed by atoms with van der Waals surface area (Å²) in [6, 6.07) is 8.58. The Kier molecular flexibility index (Phi) is 3.93. The largest absolute Gasteiger partial charge is 0.493 e. The SMILES string of the molecule is COc1ccccc1OCc1cc(=O)n(C)c(=O)n1C. The van der Waals surface area contributed by atoms with Crippen LogP contribution < -0.4 is 20.7 Å². The molecule has 0 aliphatic heterocycles. The summed E-state index contributed by atoms with van der Waals surface area (Å²) < 4.78 is 13.2. The highest BCUT2D eigenvalue weighted by Crippen LogP contribution is 2.26. The van der Waals surface area contributed by atoms with E-state index in [1.807, 2.05) is 12.1 Å². The third kappa shape index (κ3) is 2.59. The van der Waals surface area contributed by atoms with Gasteiger partial charge in [0.15, 0.2) is 11.5 Å². The van der Waals surface area contributed by atoms with E-state index in [1.165, 1.54) is 17.7 Å². The third-order valence-electron chi connectivity index (χ3n) is 3.07. The summed E-state index contributed by atoms with van der Waals surface area (Å²) in [7, 11) is 4.59. The van der Waals surface area contributed by atoms with Crippen molar-refractivity contribution < 1.29 is 9.47 Å².